The van der Waals surface area contributed by atoms with E-state index in [1.54, 1.807) is 13.8 Å². The van der Waals surface area contributed by atoms with Crippen molar-refractivity contribution in [2.24, 2.45) is 0 Å². The number of rotatable bonds is 9. The number of nitrogens with one attached hydrogen (secondary N) is 1. The lowest BCUT2D eigenvalue weighted by molar-refractivity contribution is -0.122. The number of hydrogen-bond donors (Lipinski definition) is 1. The van der Waals surface area contributed by atoms with E-state index in [4.69, 9.17) is 4.74 Å². The number of nitrogens with zero attached hydrogens (tertiary/aromatic N) is 2. The smallest absolute Gasteiger partial charge is 0.348 e. The van der Waals surface area contributed by atoms with Gasteiger partial charge >= 0.3 is 5.97 Å². The van der Waals surface area contributed by atoms with E-state index in [0.29, 0.717) is 20.7 Å². The molecule has 0 aliphatic heterocycles. The summed E-state index contributed by atoms with van der Waals surface area (Å²) in [5.74, 6) is -0.677. The van der Waals surface area contributed by atoms with Gasteiger partial charge in [-0.2, -0.15) is 0 Å². The number of esters is 1. The summed E-state index contributed by atoms with van der Waals surface area (Å²) in [6.07, 6.45) is 5.61. The Hall–Kier alpha value is -2.22. The van der Waals surface area contributed by atoms with E-state index in [1.807, 2.05) is 6.92 Å². The average Bonchev–Trinajstić information content (AvgIpc) is 2.95. The first kappa shape index (κ1) is 21.1. The number of thiophene rings is 1. The van der Waals surface area contributed by atoms with Crippen LogP contribution in [-0.4, -0.2) is 34.1 Å². The molecule has 0 aliphatic rings. The molecule has 0 spiro atoms. The van der Waals surface area contributed by atoms with Gasteiger partial charge in [-0.3, -0.25) is 14.2 Å². The van der Waals surface area contributed by atoms with Gasteiger partial charge < -0.3 is 10.1 Å². The lowest BCUT2D eigenvalue weighted by atomic mass is 10.1. The molecule has 2 rings (SSSR count). The topological polar surface area (TPSA) is 90.3 Å². The van der Waals surface area contributed by atoms with Gasteiger partial charge in [-0.05, 0) is 32.8 Å². The number of ether oxygens (including phenoxy) is 1. The van der Waals surface area contributed by atoms with E-state index >= 15 is 0 Å². The molecule has 0 unspecified atom stereocenters. The molecule has 7 nitrogen and oxygen atoms in total. The Morgan fingerprint density at radius 2 is 2.07 bits per heavy atom. The van der Waals surface area contributed by atoms with E-state index in [0.717, 1.165) is 37.0 Å². The summed E-state index contributed by atoms with van der Waals surface area (Å²) in [6.45, 7) is 7.71. The molecule has 2 heterocycles. The van der Waals surface area contributed by atoms with Crippen molar-refractivity contribution in [3.8, 4) is 0 Å². The third-order valence-corrected chi connectivity index (χ3v) is 5.52. The van der Waals surface area contributed by atoms with Crippen LogP contribution in [-0.2, 0) is 16.1 Å². The second kappa shape index (κ2) is 9.64. The highest BCUT2D eigenvalue weighted by Gasteiger charge is 2.21. The first-order valence-corrected chi connectivity index (χ1v) is 10.2. The SMILES string of the molecule is CCCCC[C@@H](C)NC(=O)Cn1cnc2sc(C(=O)OCC)c(C)c2c1=O. The average molecular weight is 394 g/mol. The Bertz CT molecular complexity index is 872. The maximum atomic E-state index is 12.8. The van der Waals surface area contributed by atoms with Crippen LogP contribution in [0.1, 0.15) is 61.7 Å². The van der Waals surface area contributed by atoms with Gasteiger partial charge in [-0.1, -0.05) is 26.2 Å². The Kier molecular flexibility index (Phi) is 7.53. The Morgan fingerprint density at radius 1 is 1.33 bits per heavy atom. The molecular formula is C19H27N3O4S. The lowest BCUT2D eigenvalue weighted by Gasteiger charge is -2.14. The predicted molar refractivity (Wildman–Crippen MR) is 106 cm³/mol. The van der Waals surface area contributed by atoms with Crippen molar-refractivity contribution in [1.29, 1.82) is 0 Å². The Labute approximate surface area is 162 Å². The van der Waals surface area contributed by atoms with Crippen molar-refractivity contribution in [2.75, 3.05) is 6.61 Å². The molecule has 0 saturated heterocycles. The first-order valence-electron chi connectivity index (χ1n) is 9.34. The fourth-order valence-electron chi connectivity index (χ4n) is 2.91. The third-order valence-electron chi connectivity index (χ3n) is 4.34. The number of amides is 1. The van der Waals surface area contributed by atoms with Crippen LogP contribution >= 0.6 is 11.3 Å². The summed E-state index contributed by atoms with van der Waals surface area (Å²) in [6, 6.07) is 0.0646. The van der Waals surface area contributed by atoms with E-state index in [1.165, 1.54) is 10.9 Å². The van der Waals surface area contributed by atoms with Crippen molar-refractivity contribution in [3.05, 3.63) is 27.1 Å². The molecule has 0 radical (unpaired) electrons. The minimum absolute atomic E-state index is 0.0646. The second-order valence-electron chi connectivity index (χ2n) is 6.60. The zero-order valence-electron chi connectivity index (χ0n) is 16.3. The van der Waals surface area contributed by atoms with Gasteiger partial charge in [0.15, 0.2) is 0 Å². The highest BCUT2D eigenvalue weighted by Crippen LogP contribution is 2.27. The standard InChI is InChI=1S/C19H27N3O4S/c1-5-7-8-9-12(3)21-14(23)10-22-11-20-17-15(18(22)24)13(4)16(27-17)19(25)26-6-2/h11-12H,5-10H2,1-4H3,(H,21,23)/t12-/m1/s1. The minimum atomic E-state index is -0.456. The van der Waals surface area contributed by atoms with E-state index in [-0.39, 0.29) is 30.7 Å². The van der Waals surface area contributed by atoms with Crippen molar-refractivity contribution < 1.29 is 14.3 Å². The van der Waals surface area contributed by atoms with Crippen LogP contribution in [0.15, 0.2) is 11.1 Å². The number of carbonyl (C=O) groups excluding carboxylic acids is 2. The maximum Gasteiger partial charge on any atom is 0.348 e. The first-order chi connectivity index (χ1) is 12.9. The van der Waals surface area contributed by atoms with Crippen LogP contribution < -0.4 is 10.9 Å². The molecular weight excluding hydrogens is 366 g/mol. The number of unbranched alkanes of at least 4 members (excludes halogenated alkanes) is 2. The van der Waals surface area contributed by atoms with Crippen LogP contribution in [0.25, 0.3) is 10.2 Å². The molecule has 8 heteroatoms. The number of hydrogen-bond acceptors (Lipinski definition) is 6. The van der Waals surface area contributed by atoms with Crippen molar-refractivity contribution >= 4 is 33.4 Å². The summed E-state index contributed by atoms with van der Waals surface area (Å²) >= 11 is 1.14. The normalized spacial score (nSPS) is 12.1. The zero-order valence-corrected chi connectivity index (χ0v) is 17.1. The molecule has 0 aromatic carbocycles. The van der Waals surface area contributed by atoms with Gasteiger partial charge in [0.05, 0.1) is 18.3 Å². The monoisotopic (exact) mass is 393 g/mol. The van der Waals surface area contributed by atoms with Crippen LogP contribution in [0, 0.1) is 6.92 Å². The second-order valence-corrected chi connectivity index (χ2v) is 7.60. The van der Waals surface area contributed by atoms with Crippen LogP contribution in [0.4, 0.5) is 0 Å². The summed E-state index contributed by atoms with van der Waals surface area (Å²) < 4.78 is 6.31. The summed E-state index contributed by atoms with van der Waals surface area (Å²) in [7, 11) is 0. The third kappa shape index (κ3) is 5.15. The molecule has 1 atom stereocenters. The predicted octanol–water partition coefficient (Wildman–Crippen LogP) is 3.03. The summed E-state index contributed by atoms with van der Waals surface area (Å²) in [5.41, 5.74) is 0.228. The number of aromatic nitrogens is 2. The largest absolute Gasteiger partial charge is 0.462 e. The van der Waals surface area contributed by atoms with Gasteiger partial charge in [0.1, 0.15) is 16.3 Å². The van der Waals surface area contributed by atoms with Gasteiger partial charge in [-0.15, -0.1) is 11.3 Å². The molecule has 1 amide bonds. The maximum absolute atomic E-state index is 12.8. The number of fused-ring (bicyclic) bond motifs is 1. The summed E-state index contributed by atoms with van der Waals surface area (Å²) in [4.78, 5) is 42.2. The van der Waals surface area contributed by atoms with Gasteiger partial charge in [0, 0.05) is 6.04 Å². The van der Waals surface area contributed by atoms with E-state index < -0.39 is 5.97 Å². The lowest BCUT2D eigenvalue weighted by Crippen LogP contribution is -2.37. The van der Waals surface area contributed by atoms with E-state index in [2.05, 4.69) is 17.2 Å². The highest BCUT2D eigenvalue weighted by molar-refractivity contribution is 7.20. The Balaban J connectivity index is 2.16. The number of carbonyl (C=O) groups is 2. The Morgan fingerprint density at radius 3 is 2.74 bits per heavy atom. The van der Waals surface area contributed by atoms with Crippen molar-refractivity contribution in [1.82, 2.24) is 14.9 Å². The van der Waals surface area contributed by atoms with Crippen molar-refractivity contribution in [3.63, 3.8) is 0 Å². The zero-order chi connectivity index (χ0) is 20.0. The quantitative estimate of drug-likeness (QED) is 0.522. The molecule has 0 bridgehead atoms. The molecule has 2 aromatic rings. The van der Waals surface area contributed by atoms with Crippen molar-refractivity contribution in [2.45, 2.75) is 66.0 Å². The molecule has 2 aromatic heterocycles. The molecule has 0 fully saturated rings. The minimum Gasteiger partial charge on any atom is -0.462 e. The summed E-state index contributed by atoms with van der Waals surface area (Å²) in [5, 5.41) is 3.29. The highest BCUT2D eigenvalue weighted by atomic mass is 32.1. The van der Waals surface area contributed by atoms with Crippen LogP contribution in [0.3, 0.4) is 0 Å². The molecule has 0 saturated carbocycles. The van der Waals surface area contributed by atoms with E-state index in [9.17, 15) is 14.4 Å². The molecule has 1 N–H and O–H groups in total. The van der Waals surface area contributed by atoms with Crippen LogP contribution in [0.2, 0.25) is 0 Å². The van der Waals surface area contributed by atoms with Gasteiger partial charge in [-0.25, -0.2) is 9.78 Å². The fourth-order valence-corrected chi connectivity index (χ4v) is 3.94. The number of aryl methyl sites for hydroxylation is 1. The van der Waals surface area contributed by atoms with Gasteiger partial charge in [0.25, 0.3) is 5.56 Å². The van der Waals surface area contributed by atoms with Crippen LogP contribution in [0.5, 0.6) is 0 Å². The fraction of sp³-hybridized carbons (Fsp3) is 0.579. The molecule has 27 heavy (non-hydrogen) atoms. The molecule has 148 valence electrons. The van der Waals surface area contributed by atoms with Gasteiger partial charge in [0.2, 0.25) is 5.91 Å². The molecule has 0 aliphatic carbocycles.